The van der Waals surface area contributed by atoms with Gasteiger partial charge in [-0.2, -0.15) is 5.10 Å². The number of rotatable bonds is 4. The van der Waals surface area contributed by atoms with Crippen LogP contribution in [0.4, 0.5) is 17.1 Å². The van der Waals surface area contributed by atoms with E-state index in [1.807, 2.05) is 19.3 Å². The number of aromatic nitrogens is 2. The van der Waals surface area contributed by atoms with Gasteiger partial charge in [0.1, 0.15) is 0 Å². The minimum absolute atomic E-state index is 0.0659. The first kappa shape index (κ1) is 14.9. The molecule has 0 fully saturated rings. The van der Waals surface area contributed by atoms with E-state index in [1.54, 1.807) is 30.9 Å². The van der Waals surface area contributed by atoms with E-state index in [0.29, 0.717) is 11.3 Å². The van der Waals surface area contributed by atoms with E-state index < -0.39 is 0 Å². The Morgan fingerprint density at radius 1 is 1.38 bits per heavy atom. The maximum Gasteiger partial charge on any atom is 0.253 e. The van der Waals surface area contributed by atoms with Gasteiger partial charge >= 0.3 is 0 Å². The molecule has 2 rings (SSSR count). The van der Waals surface area contributed by atoms with Gasteiger partial charge in [0, 0.05) is 32.9 Å². The van der Waals surface area contributed by atoms with Crippen molar-refractivity contribution in [1.29, 1.82) is 0 Å². The third-order valence-corrected chi connectivity index (χ3v) is 3.21. The Bertz CT molecular complexity index is 660. The highest BCUT2D eigenvalue weighted by Crippen LogP contribution is 2.26. The van der Waals surface area contributed by atoms with Crippen LogP contribution >= 0.6 is 0 Å². The lowest BCUT2D eigenvalue weighted by Crippen LogP contribution is -2.21. The summed E-state index contributed by atoms with van der Waals surface area (Å²) in [7, 11) is 5.31. The molecule has 1 heterocycles. The van der Waals surface area contributed by atoms with Crippen LogP contribution in [0, 0.1) is 0 Å². The second-order valence-electron chi connectivity index (χ2n) is 5.14. The molecule has 1 amide bonds. The number of carbonyl (C=O) groups excluding carboxylic acids is 1. The Kier molecular flexibility index (Phi) is 4.16. The summed E-state index contributed by atoms with van der Waals surface area (Å²) in [5.74, 6) is -0.0659. The fourth-order valence-corrected chi connectivity index (χ4v) is 2.11. The molecule has 0 unspecified atom stereocenters. The minimum atomic E-state index is -0.0659. The van der Waals surface area contributed by atoms with E-state index in [1.165, 1.54) is 4.90 Å². The molecule has 0 atom stereocenters. The summed E-state index contributed by atoms with van der Waals surface area (Å²) in [4.78, 5) is 13.4. The largest absolute Gasteiger partial charge is 0.397 e. The fourth-order valence-electron chi connectivity index (χ4n) is 2.11. The van der Waals surface area contributed by atoms with Crippen LogP contribution in [0.1, 0.15) is 23.0 Å². The number of aryl methyl sites for hydroxylation is 2. The molecule has 0 spiro atoms. The number of hydrogen-bond donors (Lipinski definition) is 2. The summed E-state index contributed by atoms with van der Waals surface area (Å²) in [5, 5.41) is 7.65. The molecule has 0 aliphatic heterocycles. The first-order valence-corrected chi connectivity index (χ1v) is 6.83. The summed E-state index contributed by atoms with van der Waals surface area (Å²) in [6.45, 7) is 2.05. The molecule has 0 bridgehead atoms. The molecular formula is C15H21N5O. The molecule has 2 aromatic rings. The van der Waals surface area contributed by atoms with Crippen molar-refractivity contribution in [1.82, 2.24) is 14.7 Å². The minimum Gasteiger partial charge on any atom is -0.397 e. The topological polar surface area (TPSA) is 76.2 Å². The number of nitrogens with two attached hydrogens (primary N) is 1. The van der Waals surface area contributed by atoms with Crippen molar-refractivity contribution in [2.45, 2.75) is 13.3 Å². The van der Waals surface area contributed by atoms with Crippen LogP contribution in [0.2, 0.25) is 0 Å². The highest BCUT2D eigenvalue weighted by atomic mass is 16.2. The smallest absolute Gasteiger partial charge is 0.253 e. The van der Waals surface area contributed by atoms with Gasteiger partial charge in [-0.1, -0.05) is 6.92 Å². The Labute approximate surface area is 124 Å². The zero-order valence-electron chi connectivity index (χ0n) is 12.8. The van der Waals surface area contributed by atoms with Crippen molar-refractivity contribution < 1.29 is 4.79 Å². The summed E-state index contributed by atoms with van der Waals surface area (Å²) in [6, 6.07) is 5.27. The second-order valence-corrected chi connectivity index (χ2v) is 5.14. The number of carbonyl (C=O) groups is 1. The molecule has 0 radical (unpaired) electrons. The van der Waals surface area contributed by atoms with Crippen molar-refractivity contribution in [3.8, 4) is 0 Å². The Morgan fingerprint density at radius 2 is 2.10 bits per heavy atom. The number of benzene rings is 1. The van der Waals surface area contributed by atoms with E-state index in [0.717, 1.165) is 23.5 Å². The van der Waals surface area contributed by atoms with Gasteiger partial charge in [0.2, 0.25) is 0 Å². The zero-order chi connectivity index (χ0) is 15.6. The van der Waals surface area contributed by atoms with Crippen LogP contribution in [0.3, 0.4) is 0 Å². The number of anilines is 3. The number of nitrogens with zero attached hydrogens (tertiary/aromatic N) is 3. The molecule has 0 aliphatic carbocycles. The van der Waals surface area contributed by atoms with E-state index in [-0.39, 0.29) is 5.91 Å². The van der Waals surface area contributed by atoms with Gasteiger partial charge in [-0.15, -0.1) is 0 Å². The molecule has 1 aromatic heterocycles. The predicted molar refractivity (Wildman–Crippen MR) is 84.7 cm³/mol. The fraction of sp³-hybridized carbons (Fsp3) is 0.333. The summed E-state index contributed by atoms with van der Waals surface area (Å²) in [5.41, 5.74) is 9.83. The Balaban J connectivity index is 2.27. The summed E-state index contributed by atoms with van der Waals surface area (Å²) in [6.07, 6.45) is 2.75. The average Bonchev–Trinajstić information content (AvgIpc) is 2.80. The van der Waals surface area contributed by atoms with Crippen LogP contribution in [0.5, 0.6) is 0 Å². The zero-order valence-corrected chi connectivity index (χ0v) is 12.8. The maximum absolute atomic E-state index is 11.9. The van der Waals surface area contributed by atoms with Gasteiger partial charge in [0.15, 0.2) is 0 Å². The van der Waals surface area contributed by atoms with Crippen molar-refractivity contribution in [2.24, 2.45) is 7.05 Å². The average molecular weight is 287 g/mol. The Morgan fingerprint density at radius 3 is 2.67 bits per heavy atom. The standard InChI is InChI=1S/C15H21N5O/c1-5-12-14(9-20(4)18-12)17-13-7-6-10(8-11(13)16)15(21)19(2)3/h6-9,17H,5,16H2,1-4H3. The first-order chi connectivity index (χ1) is 9.92. The monoisotopic (exact) mass is 287 g/mol. The van der Waals surface area contributed by atoms with Gasteiger partial charge in [-0.25, -0.2) is 0 Å². The van der Waals surface area contributed by atoms with Crippen molar-refractivity contribution >= 4 is 23.0 Å². The van der Waals surface area contributed by atoms with E-state index in [2.05, 4.69) is 17.3 Å². The number of nitrogens with one attached hydrogen (secondary N) is 1. The first-order valence-electron chi connectivity index (χ1n) is 6.83. The van der Waals surface area contributed by atoms with Crippen LogP contribution in [-0.4, -0.2) is 34.7 Å². The third kappa shape index (κ3) is 3.16. The molecule has 21 heavy (non-hydrogen) atoms. The molecule has 6 heteroatoms. The molecule has 112 valence electrons. The molecule has 0 saturated carbocycles. The molecule has 6 nitrogen and oxygen atoms in total. The highest BCUT2D eigenvalue weighted by Gasteiger charge is 2.12. The van der Waals surface area contributed by atoms with Crippen LogP contribution in [0.15, 0.2) is 24.4 Å². The third-order valence-electron chi connectivity index (χ3n) is 3.21. The summed E-state index contributed by atoms with van der Waals surface area (Å²) >= 11 is 0. The normalized spacial score (nSPS) is 10.5. The van der Waals surface area contributed by atoms with Crippen molar-refractivity contribution in [3.63, 3.8) is 0 Å². The highest BCUT2D eigenvalue weighted by molar-refractivity contribution is 5.96. The molecular weight excluding hydrogens is 266 g/mol. The van der Waals surface area contributed by atoms with Gasteiger partial charge in [-0.05, 0) is 24.6 Å². The van der Waals surface area contributed by atoms with Gasteiger partial charge < -0.3 is 16.0 Å². The quantitative estimate of drug-likeness (QED) is 0.843. The predicted octanol–water partition coefficient (Wildman–Crippen LogP) is 2.01. The van der Waals surface area contributed by atoms with E-state index in [4.69, 9.17) is 5.73 Å². The van der Waals surface area contributed by atoms with Gasteiger partial charge in [0.05, 0.1) is 22.8 Å². The molecule has 0 saturated heterocycles. The number of hydrogen-bond acceptors (Lipinski definition) is 4. The van der Waals surface area contributed by atoms with Crippen molar-refractivity contribution in [2.75, 3.05) is 25.1 Å². The lowest BCUT2D eigenvalue weighted by molar-refractivity contribution is 0.0827. The van der Waals surface area contributed by atoms with Crippen molar-refractivity contribution in [3.05, 3.63) is 35.7 Å². The lowest BCUT2D eigenvalue weighted by atomic mass is 10.1. The molecule has 3 N–H and O–H groups in total. The Hall–Kier alpha value is -2.50. The molecule has 0 aliphatic rings. The van der Waals surface area contributed by atoms with Crippen LogP contribution in [-0.2, 0) is 13.5 Å². The van der Waals surface area contributed by atoms with Gasteiger partial charge in [0.25, 0.3) is 5.91 Å². The number of nitrogen functional groups attached to an aromatic ring is 1. The maximum atomic E-state index is 11.9. The van der Waals surface area contributed by atoms with Crippen LogP contribution in [0.25, 0.3) is 0 Å². The van der Waals surface area contributed by atoms with E-state index in [9.17, 15) is 4.79 Å². The molecule has 1 aromatic carbocycles. The number of amides is 1. The van der Waals surface area contributed by atoms with E-state index >= 15 is 0 Å². The SMILES string of the molecule is CCc1nn(C)cc1Nc1ccc(C(=O)N(C)C)cc1N. The second kappa shape index (κ2) is 5.87. The lowest BCUT2D eigenvalue weighted by Gasteiger charge is -2.13. The van der Waals surface area contributed by atoms with Crippen LogP contribution < -0.4 is 11.1 Å². The summed E-state index contributed by atoms with van der Waals surface area (Å²) < 4.78 is 1.77. The van der Waals surface area contributed by atoms with Gasteiger partial charge in [-0.3, -0.25) is 9.48 Å².